The molecule has 0 spiro atoms. The average molecular weight is 453 g/mol. The number of carbonyl (C=O) groups excluding carboxylic acids is 2. The number of nitrogens with one attached hydrogen (secondary N) is 2. The van der Waals surface area contributed by atoms with Gasteiger partial charge in [-0.1, -0.05) is 29.2 Å². The summed E-state index contributed by atoms with van der Waals surface area (Å²) in [5, 5.41) is 17.2. The average Bonchev–Trinajstić information content (AvgIpc) is 3.42. The highest BCUT2D eigenvalue weighted by Gasteiger charge is 2.12. The largest absolute Gasteiger partial charge is 0.360 e. The van der Waals surface area contributed by atoms with E-state index in [1.807, 2.05) is 12.1 Å². The van der Waals surface area contributed by atoms with E-state index in [2.05, 4.69) is 38.3 Å². The van der Waals surface area contributed by atoms with Crippen LogP contribution < -0.4 is 10.6 Å². The molecular weight excluding hydrogens is 432 g/mol. The molecule has 3 heterocycles. The van der Waals surface area contributed by atoms with Crippen molar-refractivity contribution in [2.24, 2.45) is 0 Å². The van der Waals surface area contributed by atoms with Gasteiger partial charge in [0.15, 0.2) is 10.1 Å². The summed E-state index contributed by atoms with van der Waals surface area (Å²) in [6.45, 7) is 2.90. The van der Waals surface area contributed by atoms with Gasteiger partial charge in [0.05, 0.1) is 10.6 Å². The fraction of sp³-hybridized carbons (Fsp3) is 0.333. The number of hydrogen-bond acceptors (Lipinski definition) is 9. The van der Waals surface area contributed by atoms with Crippen LogP contribution in [-0.2, 0) is 17.6 Å². The van der Waals surface area contributed by atoms with E-state index in [1.165, 1.54) is 46.2 Å². The van der Waals surface area contributed by atoms with Crippen molar-refractivity contribution in [2.75, 3.05) is 24.2 Å². The van der Waals surface area contributed by atoms with Crippen molar-refractivity contribution >= 4 is 62.6 Å². The van der Waals surface area contributed by atoms with Crippen LogP contribution in [0, 0.1) is 0 Å². The van der Waals surface area contributed by atoms with Gasteiger partial charge in [-0.2, -0.15) is 0 Å². The number of aromatic nitrogens is 2. The second-order valence-electron chi connectivity index (χ2n) is 5.84. The second-order valence-corrected chi connectivity index (χ2v) is 10.2. The van der Waals surface area contributed by atoms with Gasteiger partial charge < -0.3 is 10.6 Å². The first kappa shape index (κ1) is 21.0. The van der Waals surface area contributed by atoms with E-state index in [9.17, 15) is 9.59 Å². The van der Waals surface area contributed by atoms with Crippen molar-refractivity contribution in [1.82, 2.24) is 15.5 Å². The molecule has 0 unspecified atom stereocenters. The molecule has 0 atom stereocenters. The summed E-state index contributed by atoms with van der Waals surface area (Å²) in [4.78, 5) is 26.5. The first-order chi connectivity index (χ1) is 13.6. The maximum absolute atomic E-state index is 12.4. The van der Waals surface area contributed by atoms with E-state index in [0.717, 1.165) is 38.6 Å². The van der Waals surface area contributed by atoms with Crippen molar-refractivity contribution < 1.29 is 9.59 Å². The van der Waals surface area contributed by atoms with Crippen molar-refractivity contribution in [1.29, 1.82) is 0 Å². The lowest BCUT2D eigenvalue weighted by atomic mass is 10.3. The van der Waals surface area contributed by atoms with E-state index in [0.29, 0.717) is 12.3 Å². The monoisotopic (exact) mass is 452 g/mol. The lowest BCUT2D eigenvalue weighted by Crippen LogP contribution is -2.22. The third-order valence-corrected chi connectivity index (χ3v) is 7.78. The van der Waals surface area contributed by atoms with Gasteiger partial charge in [0.1, 0.15) is 0 Å². The molecule has 28 heavy (non-hydrogen) atoms. The van der Waals surface area contributed by atoms with Crippen LogP contribution in [0.15, 0.2) is 34.0 Å². The minimum atomic E-state index is -0.0401. The summed E-state index contributed by atoms with van der Waals surface area (Å²) in [6.07, 6.45) is 1.70. The summed E-state index contributed by atoms with van der Waals surface area (Å²) < 4.78 is 0.786. The van der Waals surface area contributed by atoms with Crippen LogP contribution in [0.25, 0.3) is 0 Å². The Morgan fingerprint density at radius 1 is 1.07 bits per heavy atom. The van der Waals surface area contributed by atoms with Gasteiger partial charge in [0.2, 0.25) is 11.0 Å². The summed E-state index contributed by atoms with van der Waals surface area (Å²) in [7, 11) is 0. The molecule has 2 N–H and O–H groups in total. The minimum Gasteiger partial charge on any atom is -0.360 e. The van der Waals surface area contributed by atoms with Crippen LogP contribution in [0.1, 0.15) is 26.3 Å². The molecule has 0 bridgehead atoms. The molecule has 0 saturated heterocycles. The Morgan fingerprint density at radius 2 is 1.93 bits per heavy atom. The van der Waals surface area contributed by atoms with Crippen LogP contribution in [0.2, 0.25) is 0 Å². The number of thioether (sulfide) groups is 1. The third-order valence-electron chi connectivity index (χ3n) is 3.64. The summed E-state index contributed by atoms with van der Waals surface area (Å²) >= 11 is 6.12. The predicted molar refractivity (Wildman–Crippen MR) is 118 cm³/mol. The zero-order valence-electron chi connectivity index (χ0n) is 15.3. The first-order valence-electron chi connectivity index (χ1n) is 8.69. The van der Waals surface area contributed by atoms with Gasteiger partial charge >= 0.3 is 0 Å². The Hall–Kier alpha value is -1.75. The van der Waals surface area contributed by atoms with Gasteiger partial charge in [-0.3, -0.25) is 9.59 Å². The Morgan fingerprint density at radius 3 is 2.71 bits per heavy atom. The molecular formula is C18H20N4O2S4. The lowest BCUT2D eigenvalue weighted by molar-refractivity contribution is -0.118. The zero-order valence-corrected chi connectivity index (χ0v) is 18.5. The van der Waals surface area contributed by atoms with Gasteiger partial charge in [0.25, 0.3) is 0 Å². The molecule has 0 aromatic carbocycles. The molecule has 3 aromatic rings. The number of hydrogen-bond donors (Lipinski definition) is 2. The number of Topliss-reactive ketones (excluding diaryl/α,β-unsaturated/α-hetero) is 1. The molecule has 3 aromatic heterocycles. The lowest BCUT2D eigenvalue weighted by Gasteiger charge is -1.99. The number of anilines is 1. The van der Waals surface area contributed by atoms with Crippen LogP contribution >= 0.6 is 45.8 Å². The zero-order chi connectivity index (χ0) is 19.8. The Balaban J connectivity index is 1.40. The first-order valence-corrected chi connectivity index (χ1v) is 12.2. The van der Waals surface area contributed by atoms with E-state index in [4.69, 9.17) is 0 Å². The smallest absolute Gasteiger partial charge is 0.216 e. The van der Waals surface area contributed by atoms with E-state index in [1.54, 1.807) is 11.3 Å². The molecule has 0 radical (unpaired) electrons. The topological polar surface area (TPSA) is 84.0 Å². The highest BCUT2D eigenvalue weighted by molar-refractivity contribution is 8.01. The van der Waals surface area contributed by atoms with Crippen molar-refractivity contribution in [2.45, 2.75) is 24.1 Å². The maximum Gasteiger partial charge on any atom is 0.216 e. The molecule has 0 aliphatic rings. The molecule has 0 aliphatic carbocycles. The van der Waals surface area contributed by atoms with Gasteiger partial charge in [-0.25, -0.2) is 0 Å². The number of carbonyl (C=O) groups is 2. The number of ketones is 1. The molecule has 148 valence electrons. The van der Waals surface area contributed by atoms with E-state index >= 15 is 0 Å². The quantitative estimate of drug-likeness (QED) is 0.338. The number of thiophene rings is 2. The molecule has 1 amide bonds. The van der Waals surface area contributed by atoms with Crippen molar-refractivity contribution in [3.05, 3.63) is 44.3 Å². The van der Waals surface area contributed by atoms with Crippen LogP contribution in [0.3, 0.4) is 0 Å². The molecule has 10 heteroatoms. The fourth-order valence-electron chi connectivity index (χ4n) is 2.31. The third kappa shape index (κ3) is 6.69. The summed E-state index contributed by atoms with van der Waals surface area (Å²) in [6, 6.07) is 7.98. The molecule has 0 aliphatic heterocycles. The predicted octanol–water partition coefficient (Wildman–Crippen LogP) is 3.97. The summed E-state index contributed by atoms with van der Waals surface area (Å²) in [5.41, 5.74) is 0. The normalized spacial score (nSPS) is 10.8. The Bertz CT molecular complexity index is 904. The highest BCUT2D eigenvalue weighted by Crippen LogP contribution is 2.27. The second kappa shape index (κ2) is 10.7. The number of amides is 1. The van der Waals surface area contributed by atoms with Crippen LogP contribution in [0.4, 0.5) is 5.13 Å². The Labute approximate surface area is 179 Å². The highest BCUT2D eigenvalue weighted by atomic mass is 32.2. The molecule has 0 fully saturated rings. The standard InChI is InChI=1S/C18H20N4O2S4/c1-12(23)19-8-7-14-4-5-16(27-14)15(24)11-26-18-22-21-17(28-18)20-9-6-13-3-2-10-25-13/h2-5,10H,6-9,11H2,1H3,(H,19,23)(H,20,21). The van der Waals surface area contributed by atoms with E-state index in [-0.39, 0.29) is 11.7 Å². The van der Waals surface area contributed by atoms with Gasteiger partial charge in [-0.15, -0.1) is 32.9 Å². The Kier molecular flexibility index (Phi) is 8.01. The van der Waals surface area contributed by atoms with Gasteiger partial charge in [0, 0.05) is 29.8 Å². The molecule has 3 rings (SSSR count). The van der Waals surface area contributed by atoms with Crippen molar-refractivity contribution in [3.8, 4) is 0 Å². The minimum absolute atomic E-state index is 0.0401. The number of nitrogens with zero attached hydrogens (tertiary/aromatic N) is 2. The van der Waals surface area contributed by atoms with Crippen molar-refractivity contribution in [3.63, 3.8) is 0 Å². The SMILES string of the molecule is CC(=O)NCCc1ccc(C(=O)CSc2nnc(NCCc3cccs3)s2)s1. The fourth-order valence-corrected chi connectivity index (χ4v) is 5.72. The van der Waals surface area contributed by atoms with Gasteiger partial charge in [-0.05, 0) is 36.4 Å². The molecule has 0 saturated carbocycles. The van der Waals surface area contributed by atoms with E-state index < -0.39 is 0 Å². The molecule has 6 nitrogen and oxygen atoms in total. The van der Waals surface area contributed by atoms with Crippen LogP contribution in [0.5, 0.6) is 0 Å². The summed E-state index contributed by atoms with van der Waals surface area (Å²) in [5.74, 6) is 0.389. The van der Waals surface area contributed by atoms with Crippen LogP contribution in [-0.4, -0.2) is 40.7 Å². The number of rotatable bonds is 11. The maximum atomic E-state index is 12.4.